The number of likely N-dealkylation sites (tertiary alicyclic amines) is 1. The van der Waals surface area contributed by atoms with E-state index in [1.807, 2.05) is 69.4 Å². The maximum absolute atomic E-state index is 13.8. The molecule has 50 heavy (non-hydrogen) atoms. The topological polar surface area (TPSA) is 143 Å². The molecule has 1 saturated heterocycles. The van der Waals surface area contributed by atoms with Gasteiger partial charge in [-0.2, -0.15) is 10.2 Å². The molecule has 258 valence electrons. The highest BCUT2D eigenvalue weighted by Gasteiger charge is 2.45. The number of pyridine rings is 1. The molecule has 2 aromatic carbocycles. The lowest BCUT2D eigenvalue weighted by molar-refractivity contribution is -0.138. The Morgan fingerprint density at radius 2 is 1.86 bits per heavy atom. The number of amides is 2. The second kappa shape index (κ2) is 13.8. The number of nitrogens with zero attached hydrogens (tertiary/aromatic N) is 7. The van der Waals surface area contributed by atoms with Crippen LogP contribution in [-0.4, -0.2) is 103 Å². The first-order chi connectivity index (χ1) is 25.0. The number of aromatic nitrogens is 6. The van der Waals surface area contributed by atoms with Crippen molar-refractivity contribution in [1.82, 2.24) is 39.7 Å². The number of benzene rings is 2. The van der Waals surface area contributed by atoms with Crippen molar-refractivity contribution in [3.05, 3.63) is 78.8 Å². The highest BCUT2D eigenvalue weighted by atomic mass is 16.5. The maximum Gasteiger partial charge on any atom is 0.258 e. The second-order valence-electron chi connectivity index (χ2n) is 12.9. The SMILES string of the molecule is [2H]C([2H])(C(=O)N1CC=C(c2ccc(-c3ncn(C)n3)cc2)CC1)N1CC[C@@](OC)(C(=O)Nc2ccc3[nH]nc(-c4ccc(OC(C)C)nc4)c3c2)C1. The smallest absolute Gasteiger partial charge is 0.258 e. The first-order valence-corrected chi connectivity index (χ1v) is 16.6. The van der Waals surface area contributed by atoms with Crippen LogP contribution in [0.4, 0.5) is 5.69 Å². The predicted octanol–water partition coefficient (Wildman–Crippen LogP) is 4.55. The number of H-pyrrole nitrogens is 1. The van der Waals surface area contributed by atoms with Crippen molar-refractivity contribution in [2.75, 3.05) is 45.1 Å². The lowest BCUT2D eigenvalue weighted by atomic mass is 9.98. The van der Waals surface area contributed by atoms with E-state index in [1.165, 1.54) is 16.9 Å². The number of hydrogen-bond acceptors (Lipinski definition) is 9. The van der Waals surface area contributed by atoms with Gasteiger partial charge in [0, 0.05) is 74.8 Å². The van der Waals surface area contributed by atoms with Crippen molar-refractivity contribution in [3.8, 4) is 28.5 Å². The molecule has 5 heterocycles. The minimum absolute atomic E-state index is 0.00501. The quantitative estimate of drug-likeness (QED) is 0.218. The molecule has 2 aliphatic rings. The number of ether oxygens (including phenoxy) is 2. The summed E-state index contributed by atoms with van der Waals surface area (Å²) in [7, 11) is 3.26. The second-order valence-corrected chi connectivity index (χ2v) is 12.9. The largest absolute Gasteiger partial charge is 0.475 e. The van der Waals surface area contributed by atoms with Crippen LogP contribution in [0, 0.1) is 0 Å². The third-order valence-corrected chi connectivity index (χ3v) is 9.09. The van der Waals surface area contributed by atoms with Crippen LogP contribution in [0.3, 0.4) is 0 Å². The van der Waals surface area contributed by atoms with Crippen LogP contribution in [0.2, 0.25) is 0 Å². The van der Waals surface area contributed by atoms with Gasteiger partial charge in [-0.25, -0.2) is 9.97 Å². The van der Waals surface area contributed by atoms with E-state index >= 15 is 0 Å². The van der Waals surface area contributed by atoms with Gasteiger partial charge in [-0.3, -0.25) is 24.3 Å². The lowest BCUT2D eigenvalue weighted by Gasteiger charge is -2.30. The molecule has 0 bridgehead atoms. The van der Waals surface area contributed by atoms with E-state index < -0.39 is 23.9 Å². The Hall–Kier alpha value is -5.40. The Bertz CT molecular complexity index is 2130. The molecule has 0 aliphatic carbocycles. The summed E-state index contributed by atoms with van der Waals surface area (Å²) in [5.74, 6) is 0.119. The molecule has 13 nitrogen and oxygen atoms in total. The maximum atomic E-state index is 13.8. The Kier molecular flexibility index (Phi) is 8.48. The molecule has 1 atom stereocenters. The van der Waals surface area contributed by atoms with E-state index in [0.717, 1.165) is 33.2 Å². The standard InChI is InChI=1S/C37H41N9O4/c1-24(2)50-32-12-9-28(20-38-32)34-30-19-29(10-11-31(30)41-42-34)40-36(48)37(49-4)15-18-45(22-37)21-33(47)46-16-13-26(14-17-46)25-5-7-27(8-6-25)35-39-23-44(3)43-35/h5-13,19-20,23-24H,14-18,21-22H2,1-4H3,(H,40,48)(H,41,42)/t37-/m0/s1/i21D2. The number of fused-ring (bicyclic) bond motifs is 1. The van der Waals surface area contributed by atoms with Gasteiger partial charge >= 0.3 is 0 Å². The lowest BCUT2D eigenvalue weighted by Crippen LogP contribution is -2.48. The Balaban J connectivity index is 0.998. The number of methoxy groups -OCH3 is 1. The van der Waals surface area contributed by atoms with Crippen molar-refractivity contribution in [1.29, 1.82) is 0 Å². The summed E-state index contributed by atoms with van der Waals surface area (Å²) in [5.41, 5.74) is 4.45. The number of nitrogens with one attached hydrogen (secondary N) is 2. The number of rotatable bonds is 10. The van der Waals surface area contributed by atoms with Gasteiger partial charge < -0.3 is 19.7 Å². The predicted molar refractivity (Wildman–Crippen MR) is 190 cm³/mol. The molecule has 0 radical (unpaired) electrons. The summed E-state index contributed by atoms with van der Waals surface area (Å²) in [5, 5.41) is 15.6. The van der Waals surface area contributed by atoms with Crippen molar-refractivity contribution in [2.45, 2.75) is 38.4 Å². The zero-order valence-electron chi connectivity index (χ0n) is 30.5. The molecule has 5 aromatic rings. The molecule has 1 fully saturated rings. The van der Waals surface area contributed by atoms with Crippen LogP contribution < -0.4 is 10.1 Å². The average Bonchev–Trinajstić information content (AvgIpc) is 3.91. The molecule has 2 N–H and O–H groups in total. The fourth-order valence-electron chi connectivity index (χ4n) is 6.34. The molecule has 3 aromatic heterocycles. The summed E-state index contributed by atoms with van der Waals surface area (Å²) >= 11 is 0. The van der Waals surface area contributed by atoms with Crippen LogP contribution in [0.15, 0.2) is 73.2 Å². The van der Waals surface area contributed by atoms with Crippen molar-refractivity contribution in [2.24, 2.45) is 7.05 Å². The molecule has 0 spiro atoms. The van der Waals surface area contributed by atoms with E-state index in [-0.39, 0.29) is 32.2 Å². The Morgan fingerprint density at radius 1 is 1.06 bits per heavy atom. The fourth-order valence-corrected chi connectivity index (χ4v) is 6.34. The van der Waals surface area contributed by atoms with Gasteiger partial charge in [0.1, 0.15) is 12.0 Å². The number of carbonyl (C=O) groups excluding carboxylic acids is 2. The Morgan fingerprint density at radius 3 is 2.54 bits per heavy atom. The summed E-state index contributed by atoms with van der Waals surface area (Å²) in [4.78, 5) is 39.0. The van der Waals surface area contributed by atoms with Crippen LogP contribution in [0.1, 0.15) is 35.0 Å². The highest BCUT2D eigenvalue weighted by Crippen LogP contribution is 2.32. The molecular weight excluding hydrogens is 634 g/mol. The van der Waals surface area contributed by atoms with E-state index in [4.69, 9.17) is 12.2 Å². The third kappa shape index (κ3) is 6.87. The molecule has 0 saturated carbocycles. The van der Waals surface area contributed by atoms with Gasteiger partial charge in [-0.1, -0.05) is 30.3 Å². The third-order valence-electron chi connectivity index (χ3n) is 9.09. The van der Waals surface area contributed by atoms with Crippen molar-refractivity contribution < 1.29 is 21.8 Å². The number of aromatic amines is 1. The monoisotopic (exact) mass is 677 g/mol. The first kappa shape index (κ1) is 30.6. The van der Waals surface area contributed by atoms with Crippen LogP contribution >= 0.6 is 0 Å². The number of hydrogen-bond donors (Lipinski definition) is 2. The molecule has 2 aliphatic heterocycles. The average molecular weight is 678 g/mol. The first-order valence-electron chi connectivity index (χ1n) is 17.6. The fraction of sp³-hybridized carbons (Fsp3) is 0.351. The number of aryl methyl sites for hydroxylation is 1. The summed E-state index contributed by atoms with van der Waals surface area (Å²) < 4.78 is 30.9. The van der Waals surface area contributed by atoms with E-state index in [2.05, 4.69) is 30.6 Å². The highest BCUT2D eigenvalue weighted by molar-refractivity contribution is 6.01. The van der Waals surface area contributed by atoms with E-state index in [1.54, 1.807) is 29.3 Å². The number of carbonyl (C=O) groups is 2. The van der Waals surface area contributed by atoms with Gasteiger partial charge in [0.15, 0.2) is 11.4 Å². The van der Waals surface area contributed by atoms with Crippen LogP contribution in [0.25, 0.3) is 39.1 Å². The minimum atomic E-state index is -2.34. The van der Waals surface area contributed by atoms with Gasteiger partial charge in [-0.15, -0.1) is 0 Å². The summed E-state index contributed by atoms with van der Waals surface area (Å²) in [6, 6.07) is 17.1. The number of anilines is 1. The van der Waals surface area contributed by atoms with Gasteiger partial charge in [0.25, 0.3) is 5.91 Å². The van der Waals surface area contributed by atoms with Crippen LogP contribution in [0.5, 0.6) is 5.88 Å². The molecule has 0 unspecified atom stereocenters. The van der Waals surface area contributed by atoms with E-state index in [9.17, 15) is 9.59 Å². The summed E-state index contributed by atoms with van der Waals surface area (Å²) in [6.07, 6.45) is 6.13. The van der Waals surface area contributed by atoms with Gasteiger partial charge in [-0.05, 0) is 62.1 Å². The Labute approximate surface area is 293 Å². The molecule has 2 amide bonds. The molecule has 7 rings (SSSR count). The van der Waals surface area contributed by atoms with Crippen LogP contribution in [-0.2, 0) is 21.4 Å². The zero-order valence-corrected chi connectivity index (χ0v) is 28.5. The zero-order chi connectivity index (χ0) is 36.6. The summed E-state index contributed by atoms with van der Waals surface area (Å²) in [6.45, 7) is 2.28. The van der Waals surface area contributed by atoms with Gasteiger partial charge in [0.2, 0.25) is 11.8 Å². The molecule has 13 heteroatoms. The van der Waals surface area contributed by atoms with Crippen molar-refractivity contribution in [3.63, 3.8) is 0 Å². The molecular formula is C37H41N9O4. The minimum Gasteiger partial charge on any atom is -0.475 e. The normalized spacial score (nSPS) is 19.0. The van der Waals surface area contributed by atoms with Gasteiger partial charge in [0.05, 0.1) is 20.9 Å². The van der Waals surface area contributed by atoms with Crippen molar-refractivity contribution >= 4 is 34.0 Å². The van der Waals surface area contributed by atoms with E-state index in [0.29, 0.717) is 36.1 Å².